The van der Waals surface area contributed by atoms with Crippen LogP contribution in [0.25, 0.3) is 11.1 Å². The highest BCUT2D eigenvalue weighted by atomic mass is 79.9. The van der Waals surface area contributed by atoms with Gasteiger partial charge in [0.05, 0.1) is 7.11 Å². The summed E-state index contributed by atoms with van der Waals surface area (Å²) in [5.41, 5.74) is 5.02. The van der Waals surface area contributed by atoms with Crippen LogP contribution in [0, 0.1) is 0 Å². The van der Waals surface area contributed by atoms with Crippen LogP contribution in [0.3, 0.4) is 0 Å². The van der Waals surface area contributed by atoms with Crippen molar-refractivity contribution in [3.05, 3.63) is 87.9 Å². The third kappa shape index (κ3) is 4.50. The topological polar surface area (TPSA) is 88.0 Å². The summed E-state index contributed by atoms with van der Waals surface area (Å²) < 4.78 is 11.3. The van der Waals surface area contributed by atoms with Crippen LogP contribution >= 0.6 is 15.9 Å². The second-order valence-electron chi connectivity index (χ2n) is 7.61. The molecule has 0 aromatic heterocycles. The fourth-order valence-electron chi connectivity index (χ4n) is 4.03. The number of hydrogen-bond acceptors (Lipinski definition) is 5. The Balaban J connectivity index is 1.35. The molecule has 0 spiro atoms. The maximum Gasteiger partial charge on any atom is 0.407 e. The fourth-order valence-corrected chi connectivity index (χ4v) is 4.51. The van der Waals surface area contributed by atoms with E-state index < -0.39 is 18.3 Å². The van der Waals surface area contributed by atoms with Crippen molar-refractivity contribution in [1.29, 1.82) is 0 Å². The van der Waals surface area contributed by atoms with E-state index in [1.807, 2.05) is 36.4 Å². The third-order valence-corrected chi connectivity index (χ3v) is 6.41. The molecule has 3 aromatic rings. The van der Waals surface area contributed by atoms with Gasteiger partial charge >= 0.3 is 6.09 Å². The van der Waals surface area contributed by atoms with Crippen molar-refractivity contribution in [3.63, 3.8) is 0 Å². The summed E-state index contributed by atoms with van der Waals surface area (Å²) >= 11 is 3.36. The first kappa shape index (κ1) is 22.3. The van der Waals surface area contributed by atoms with Crippen LogP contribution in [-0.2, 0) is 4.74 Å². The van der Waals surface area contributed by atoms with Crippen molar-refractivity contribution in [3.8, 4) is 16.9 Å². The summed E-state index contributed by atoms with van der Waals surface area (Å²) in [4.78, 5) is 12.3. The molecule has 1 aliphatic carbocycles. The van der Waals surface area contributed by atoms with E-state index in [4.69, 9.17) is 9.47 Å². The normalized spacial score (nSPS) is 14.2. The van der Waals surface area contributed by atoms with Gasteiger partial charge in [-0.15, -0.1) is 0 Å². The molecule has 0 aliphatic heterocycles. The number of aliphatic hydroxyl groups excluding tert-OH is 2. The number of rotatable bonds is 7. The molecule has 3 N–H and O–H groups in total. The second kappa shape index (κ2) is 9.73. The third-order valence-electron chi connectivity index (χ3n) is 5.69. The minimum absolute atomic E-state index is 0.0450. The molecular weight excluding hydrogens is 474 g/mol. The minimum Gasteiger partial charge on any atom is -0.497 e. The average Bonchev–Trinajstić information content (AvgIpc) is 3.14. The number of methoxy groups -OCH3 is 1. The van der Waals surface area contributed by atoms with E-state index in [0.717, 1.165) is 22.3 Å². The molecule has 32 heavy (non-hydrogen) atoms. The lowest BCUT2D eigenvalue weighted by Crippen LogP contribution is -2.36. The minimum atomic E-state index is -1.22. The van der Waals surface area contributed by atoms with Crippen LogP contribution in [0.5, 0.6) is 5.75 Å². The molecule has 2 unspecified atom stereocenters. The van der Waals surface area contributed by atoms with Crippen LogP contribution in [0.2, 0.25) is 0 Å². The van der Waals surface area contributed by atoms with Crippen LogP contribution in [0.1, 0.15) is 28.7 Å². The molecule has 2 atom stereocenters. The van der Waals surface area contributed by atoms with Crippen molar-refractivity contribution >= 4 is 22.0 Å². The van der Waals surface area contributed by atoms with Gasteiger partial charge in [-0.3, -0.25) is 0 Å². The molecule has 0 radical (unpaired) electrons. The number of aliphatic hydroxyl groups is 2. The van der Waals surface area contributed by atoms with Crippen molar-refractivity contribution in [2.75, 3.05) is 20.3 Å². The number of fused-ring (bicyclic) bond motifs is 3. The maximum absolute atomic E-state index is 12.3. The Labute approximate surface area is 194 Å². The van der Waals surface area contributed by atoms with Gasteiger partial charge < -0.3 is 25.0 Å². The number of amides is 1. The van der Waals surface area contributed by atoms with E-state index in [2.05, 4.69) is 33.4 Å². The van der Waals surface area contributed by atoms with Crippen molar-refractivity contribution in [2.24, 2.45) is 0 Å². The predicted octanol–water partition coefficient (Wildman–Crippen LogP) is 4.39. The number of ether oxygens (including phenoxy) is 2. The summed E-state index contributed by atoms with van der Waals surface area (Å²) in [5.74, 6) is 0.510. The fraction of sp³-hybridized carbons (Fsp3) is 0.240. The molecular formula is C25H24BrNO5. The summed E-state index contributed by atoms with van der Waals surface area (Å²) in [6, 6.07) is 21.3. The first-order chi connectivity index (χ1) is 15.5. The first-order valence-corrected chi connectivity index (χ1v) is 11.1. The van der Waals surface area contributed by atoms with Gasteiger partial charge in [0.2, 0.25) is 0 Å². The summed E-state index contributed by atoms with van der Waals surface area (Å²) in [6.45, 7) is 0.0153. The van der Waals surface area contributed by atoms with Crippen molar-refractivity contribution < 1.29 is 24.5 Å². The molecule has 6 nitrogen and oxygen atoms in total. The maximum atomic E-state index is 12.3. The first-order valence-electron chi connectivity index (χ1n) is 10.3. The van der Waals surface area contributed by atoms with Gasteiger partial charge in [-0.2, -0.15) is 0 Å². The molecule has 166 valence electrons. The molecule has 4 rings (SSSR count). The van der Waals surface area contributed by atoms with Gasteiger partial charge in [-0.25, -0.2) is 4.79 Å². The quantitative estimate of drug-likeness (QED) is 0.450. The van der Waals surface area contributed by atoms with E-state index in [-0.39, 0.29) is 19.1 Å². The number of benzene rings is 3. The van der Waals surface area contributed by atoms with Crippen LogP contribution < -0.4 is 10.1 Å². The molecule has 1 amide bonds. The van der Waals surface area contributed by atoms with Gasteiger partial charge in [0.15, 0.2) is 0 Å². The number of hydrogen-bond donors (Lipinski definition) is 3. The Kier molecular flexibility index (Phi) is 6.79. The molecule has 0 saturated carbocycles. The molecule has 3 aromatic carbocycles. The second-order valence-corrected chi connectivity index (χ2v) is 8.46. The molecule has 0 saturated heterocycles. The van der Waals surface area contributed by atoms with Crippen molar-refractivity contribution in [1.82, 2.24) is 5.32 Å². The lowest BCUT2D eigenvalue weighted by Gasteiger charge is -2.20. The van der Waals surface area contributed by atoms with Gasteiger partial charge in [0, 0.05) is 22.5 Å². The highest BCUT2D eigenvalue weighted by Crippen LogP contribution is 2.44. The van der Waals surface area contributed by atoms with E-state index in [1.54, 1.807) is 18.2 Å². The van der Waals surface area contributed by atoms with E-state index in [1.165, 1.54) is 7.11 Å². The lowest BCUT2D eigenvalue weighted by molar-refractivity contribution is 0.0180. The number of alkyl carbamates (subject to hydrolysis) is 1. The highest BCUT2D eigenvalue weighted by molar-refractivity contribution is 9.10. The molecule has 7 heteroatoms. The Hall–Kier alpha value is -2.87. The highest BCUT2D eigenvalue weighted by Gasteiger charge is 2.29. The number of halogens is 1. The van der Waals surface area contributed by atoms with Crippen molar-refractivity contribution in [2.45, 2.75) is 18.1 Å². The Morgan fingerprint density at radius 3 is 2.28 bits per heavy atom. The zero-order valence-corrected chi connectivity index (χ0v) is 19.1. The largest absolute Gasteiger partial charge is 0.497 e. The summed E-state index contributed by atoms with van der Waals surface area (Å²) in [5, 5.41) is 23.4. The number of nitrogens with one attached hydrogen (secondary N) is 1. The van der Waals surface area contributed by atoms with Gasteiger partial charge in [0.25, 0.3) is 0 Å². The van der Waals surface area contributed by atoms with Gasteiger partial charge in [-0.1, -0.05) is 64.5 Å². The summed E-state index contributed by atoms with van der Waals surface area (Å²) in [7, 11) is 1.52. The van der Waals surface area contributed by atoms with Crippen LogP contribution in [0.4, 0.5) is 4.79 Å². The lowest BCUT2D eigenvalue weighted by atomic mass is 9.98. The van der Waals surface area contributed by atoms with Gasteiger partial charge in [-0.05, 0) is 40.5 Å². The SMILES string of the molecule is COc1ccc(Br)c(C(O)C(O)CNC(=O)OCC2c3ccccc3-c3ccccc32)c1. The van der Waals surface area contributed by atoms with Crippen LogP contribution in [0.15, 0.2) is 71.2 Å². The monoisotopic (exact) mass is 497 g/mol. The smallest absolute Gasteiger partial charge is 0.407 e. The predicted molar refractivity (Wildman–Crippen MR) is 125 cm³/mol. The average molecular weight is 498 g/mol. The Morgan fingerprint density at radius 1 is 1.03 bits per heavy atom. The van der Waals surface area contributed by atoms with E-state index in [9.17, 15) is 15.0 Å². The molecule has 1 aliphatic rings. The molecule has 0 heterocycles. The standard InChI is InChI=1S/C25H24BrNO5/c1-31-15-10-11-22(26)20(12-15)24(29)23(28)13-27-25(30)32-14-21-18-8-4-2-6-16(18)17-7-3-5-9-19(17)21/h2-12,21,23-24,28-29H,13-14H2,1H3,(H,27,30). The number of carbonyl (C=O) groups is 1. The molecule has 0 fully saturated rings. The zero-order chi connectivity index (χ0) is 22.7. The van der Waals surface area contributed by atoms with E-state index >= 15 is 0 Å². The Bertz CT molecular complexity index is 1070. The Morgan fingerprint density at radius 2 is 1.66 bits per heavy atom. The number of carbonyl (C=O) groups excluding carboxylic acids is 1. The zero-order valence-electron chi connectivity index (χ0n) is 17.5. The van der Waals surface area contributed by atoms with Crippen LogP contribution in [-0.4, -0.2) is 42.7 Å². The molecule has 0 bridgehead atoms. The van der Waals surface area contributed by atoms with Gasteiger partial charge in [0.1, 0.15) is 24.6 Å². The summed E-state index contributed by atoms with van der Waals surface area (Å²) in [6.07, 6.45) is -3.09. The van der Waals surface area contributed by atoms with E-state index in [0.29, 0.717) is 15.8 Å².